The number of aliphatic carboxylic acids is 1. The molecule has 0 amide bonds. The lowest BCUT2D eigenvalue weighted by atomic mass is 10.1. The Bertz CT molecular complexity index is 250. The van der Waals surface area contributed by atoms with E-state index < -0.39 is 5.97 Å². The third-order valence-electron chi connectivity index (χ3n) is 1.96. The zero-order chi connectivity index (χ0) is 11.7. The SMILES string of the molecule is CC(C)=CCCC(C)=CCNCC(=O)O. The van der Waals surface area contributed by atoms with Crippen LogP contribution in [0.2, 0.25) is 0 Å². The number of nitrogens with one attached hydrogen (secondary N) is 1. The molecule has 0 aromatic heterocycles. The second-order valence-corrected chi connectivity index (χ2v) is 3.90. The summed E-state index contributed by atoms with van der Waals surface area (Å²) in [6.45, 7) is 6.91. The first-order chi connectivity index (χ1) is 7.02. The van der Waals surface area contributed by atoms with Crippen LogP contribution < -0.4 is 5.32 Å². The topological polar surface area (TPSA) is 49.3 Å². The average Bonchev–Trinajstić information content (AvgIpc) is 2.11. The van der Waals surface area contributed by atoms with Crippen LogP contribution in [0.25, 0.3) is 0 Å². The summed E-state index contributed by atoms with van der Waals surface area (Å²) >= 11 is 0. The minimum absolute atomic E-state index is 0.0255. The van der Waals surface area contributed by atoms with Gasteiger partial charge in [-0.3, -0.25) is 4.79 Å². The molecule has 0 rings (SSSR count). The zero-order valence-corrected chi connectivity index (χ0v) is 9.84. The number of rotatable bonds is 7. The van der Waals surface area contributed by atoms with Gasteiger partial charge in [0.25, 0.3) is 0 Å². The Morgan fingerprint density at radius 3 is 2.47 bits per heavy atom. The Labute approximate surface area is 91.9 Å². The summed E-state index contributed by atoms with van der Waals surface area (Å²) in [6, 6.07) is 0. The minimum Gasteiger partial charge on any atom is -0.480 e. The van der Waals surface area contributed by atoms with E-state index in [4.69, 9.17) is 5.11 Å². The molecule has 0 aliphatic heterocycles. The van der Waals surface area contributed by atoms with Crippen molar-refractivity contribution in [1.82, 2.24) is 5.32 Å². The molecule has 0 heterocycles. The third-order valence-corrected chi connectivity index (χ3v) is 1.96. The van der Waals surface area contributed by atoms with Gasteiger partial charge in [-0.2, -0.15) is 0 Å². The van der Waals surface area contributed by atoms with Gasteiger partial charge in [-0.15, -0.1) is 0 Å². The van der Waals surface area contributed by atoms with Crippen molar-refractivity contribution in [2.45, 2.75) is 33.6 Å². The van der Waals surface area contributed by atoms with Crippen LogP contribution in [-0.2, 0) is 4.79 Å². The summed E-state index contributed by atoms with van der Waals surface area (Å²) in [5, 5.41) is 11.2. The van der Waals surface area contributed by atoms with Gasteiger partial charge in [0.2, 0.25) is 0 Å². The monoisotopic (exact) mass is 211 g/mol. The molecule has 0 radical (unpaired) electrons. The standard InChI is InChI=1S/C12H21NO2/c1-10(2)5-4-6-11(3)7-8-13-9-12(14)15/h5,7,13H,4,6,8-9H2,1-3H3,(H,14,15). The molecule has 0 aromatic rings. The van der Waals surface area contributed by atoms with E-state index in [1.807, 2.05) is 6.08 Å². The van der Waals surface area contributed by atoms with E-state index in [1.165, 1.54) is 11.1 Å². The van der Waals surface area contributed by atoms with Crippen molar-refractivity contribution in [1.29, 1.82) is 0 Å². The van der Waals surface area contributed by atoms with Gasteiger partial charge in [-0.05, 0) is 33.6 Å². The normalized spacial score (nSPS) is 11.3. The molecule has 15 heavy (non-hydrogen) atoms. The number of carboxylic acid groups (broad SMARTS) is 1. The summed E-state index contributed by atoms with van der Waals surface area (Å²) < 4.78 is 0. The fourth-order valence-electron chi connectivity index (χ4n) is 1.12. The molecule has 0 saturated heterocycles. The maximum atomic E-state index is 10.2. The van der Waals surface area contributed by atoms with Crippen LogP contribution in [0.15, 0.2) is 23.3 Å². The van der Waals surface area contributed by atoms with Crippen molar-refractivity contribution in [3.63, 3.8) is 0 Å². The van der Waals surface area contributed by atoms with E-state index in [1.54, 1.807) is 0 Å². The molecule has 3 heteroatoms. The number of carbonyl (C=O) groups is 1. The van der Waals surface area contributed by atoms with E-state index in [0.717, 1.165) is 12.8 Å². The van der Waals surface area contributed by atoms with E-state index in [2.05, 4.69) is 32.2 Å². The van der Waals surface area contributed by atoms with Gasteiger partial charge in [0.15, 0.2) is 0 Å². The molecular formula is C12H21NO2. The second kappa shape index (κ2) is 8.24. The Balaban J connectivity index is 3.61. The largest absolute Gasteiger partial charge is 0.480 e. The van der Waals surface area contributed by atoms with Crippen LogP contribution in [0, 0.1) is 0 Å². The van der Waals surface area contributed by atoms with Crippen LogP contribution in [-0.4, -0.2) is 24.2 Å². The number of hydrogen-bond acceptors (Lipinski definition) is 2. The van der Waals surface area contributed by atoms with Gasteiger partial charge in [0.05, 0.1) is 6.54 Å². The highest BCUT2D eigenvalue weighted by Gasteiger charge is 1.93. The highest BCUT2D eigenvalue weighted by Crippen LogP contribution is 2.05. The lowest BCUT2D eigenvalue weighted by Crippen LogP contribution is -2.22. The molecule has 0 unspecified atom stereocenters. The molecule has 86 valence electrons. The summed E-state index contributed by atoms with van der Waals surface area (Å²) in [7, 11) is 0. The molecule has 0 aliphatic carbocycles. The van der Waals surface area contributed by atoms with Crippen molar-refractivity contribution < 1.29 is 9.90 Å². The third kappa shape index (κ3) is 10.8. The van der Waals surface area contributed by atoms with Gasteiger partial charge in [-0.25, -0.2) is 0 Å². The average molecular weight is 211 g/mol. The smallest absolute Gasteiger partial charge is 0.317 e. The van der Waals surface area contributed by atoms with Crippen LogP contribution in [0.1, 0.15) is 33.6 Å². The number of carboxylic acids is 1. The summed E-state index contributed by atoms with van der Waals surface area (Å²) in [6.07, 6.45) is 6.35. The van der Waals surface area contributed by atoms with E-state index in [0.29, 0.717) is 6.54 Å². The van der Waals surface area contributed by atoms with Crippen molar-refractivity contribution in [2.24, 2.45) is 0 Å². The molecule has 2 N–H and O–H groups in total. The molecule has 0 bridgehead atoms. The first kappa shape index (κ1) is 13.9. The van der Waals surface area contributed by atoms with Crippen molar-refractivity contribution >= 4 is 5.97 Å². The maximum Gasteiger partial charge on any atom is 0.317 e. The minimum atomic E-state index is -0.814. The van der Waals surface area contributed by atoms with Crippen LogP contribution in [0.4, 0.5) is 0 Å². The Morgan fingerprint density at radius 1 is 1.27 bits per heavy atom. The fraction of sp³-hybridized carbons (Fsp3) is 0.583. The van der Waals surface area contributed by atoms with Crippen LogP contribution in [0.3, 0.4) is 0 Å². The van der Waals surface area contributed by atoms with Gasteiger partial charge < -0.3 is 10.4 Å². The van der Waals surface area contributed by atoms with Gasteiger partial charge in [-0.1, -0.05) is 23.3 Å². The highest BCUT2D eigenvalue weighted by atomic mass is 16.4. The van der Waals surface area contributed by atoms with E-state index in [-0.39, 0.29) is 6.54 Å². The van der Waals surface area contributed by atoms with Crippen LogP contribution in [0.5, 0.6) is 0 Å². The number of hydrogen-bond donors (Lipinski definition) is 2. The first-order valence-electron chi connectivity index (χ1n) is 5.24. The first-order valence-corrected chi connectivity index (χ1v) is 5.24. The molecule has 0 spiro atoms. The summed E-state index contributed by atoms with van der Waals surface area (Å²) in [4.78, 5) is 10.2. The lowest BCUT2D eigenvalue weighted by molar-refractivity contribution is -0.135. The molecule has 0 aromatic carbocycles. The Morgan fingerprint density at radius 2 is 1.93 bits per heavy atom. The predicted octanol–water partition coefficient (Wildman–Crippen LogP) is 2.35. The Kier molecular flexibility index (Phi) is 7.64. The predicted molar refractivity (Wildman–Crippen MR) is 62.9 cm³/mol. The lowest BCUT2D eigenvalue weighted by Gasteiger charge is -2.00. The second-order valence-electron chi connectivity index (χ2n) is 3.90. The van der Waals surface area contributed by atoms with Crippen molar-refractivity contribution in [3.8, 4) is 0 Å². The van der Waals surface area contributed by atoms with E-state index >= 15 is 0 Å². The molecule has 0 aliphatic rings. The molecule has 0 saturated carbocycles. The quantitative estimate of drug-likeness (QED) is 0.502. The molecule has 0 atom stereocenters. The Hall–Kier alpha value is -1.09. The molecule has 0 fully saturated rings. The van der Waals surface area contributed by atoms with Gasteiger partial charge in [0.1, 0.15) is 0 Å². The summed E-state index contributed by atoms with van der Waals surface area (Å²) in [5.41, 5.74) is 2.64. The highest BCUT2D eigenvalue weighted by molar-refractivity contribution is 5.69. The van der Waals surface area contributed by atoms with Crippen LogP contribution >= 0.6 is 0 Å². The van der Waals surface area contributed by atoms with E-state index in [9.17, 15) is 4.79 Å². The maximum absolute atomic E-state index is 10.2. The van der Waals surface area contributed by atoms with Gasteiger partial charge >= 0.3 is 5.97 Å². The molecular weight excluding hydrogens is 190 g/mol. The van der Waals surface area contributed by atoms with Crippen molar-refractivity contribution in [2.75, 3.05) is 13.1 Å². The number of allylic oxidation sites excluding steroid dienone is 3. The zero-order valence-electron chi connectivity index (χ0n) is 9.84. The molecule has 3 nitrogen and oxygen atoms in total. The van der Waals surface area contributed by atoms with Gasteiger partial charge in [0, 0.05) is 6.54 Å². The summed E-state index contributed by atoms with van der Waals surface area (Å²) in [5.74, 6) is -0.814. The van der Waals surface area contributed by atoms with Crippen molar-refractivity contribution in [3.05, 3.63) is 23.3 Å². The fourth-order valence-corrected chi connectivity index (χ4v) is 1.12.